The van der Waals surface area contributed by atoms with Gasteiger partial charge in [0.25, 0.3) is 11.8 Å². The smallest absolute Gasteiger partial charge is 0.262 e. The maximum absolute atomic E-state index is 12.6. The predicted octanol–water partition coefficient (Wildman–Crippen LogP) is 4.73. The van der Waals surface area contributed by atoms with Gasteiger partial charge in [-0.2, -0.15) is 0 Å². The molecule has 3 aromatic rings. The highest BCUT2D eigenvalue weighted by Gasteiger charge is 2.21. The molecule has 1 aliphatic heterocycles. The fraction of sp³-hybridized carbons (Fsp3) is 0.280. The van der Waals surface area contributed by atoms with Gasteiger partial charge in [0.1, 0.15) is 5.75 Å². The number of ether oxygens (including phenoxy) is 1. The van der Waals surface area contributed by atoms with E-state index < -0.39 is 0 Å². The second-order valence-corrected chi connectivity index (χ2v) is 7.90. The highest BCUT2D eigenvalue weighted by molar-refractivity contribution is 5.96. The molecule has 0 saturated carbocycles. The van der Waals surface area contributed by atoms with Crippen molar-refractivity contribution in [2.24, 2.45) is 5.92 Å². The monoisotopic (exact) mass is 402 g/mol. The first-order valence-corrected chi connectivity index (χ1v) is 10.4. The highest BCUT2D eigenvalue weighted by atomic mass is 16.5. The van der Waals surface area contributed by atoms with Crippen molar-refractivity contribution in [2.45, 2.75) is 19.8 Å². The third-order valence-corrected chi connectivity index (χ3v) is 5.58. The first-order chi connectivity index (χ1) is 14.6. The number of nitrogens with one attached hydrogen (secondary N) is 1. The molecule has 4 rings (SSSR count). The zero-order valence-corrected chi connectivity index (χ0v) is 17.1. The van der Waals surface area contributed by atoms with Crippen molar-refractivity contribution >= 4 is 28.3 Å². The molecule has 1 fully saturated rings. The summed E-state index contributed by atoms with van der Waals surface area (Å²) >= 11 is 0. The quantitative estimate of drug-likeness (QED) is 0.671. The summed E-state index contributed by atoms with van der Waals surface area (Å²) in [7, 11) is 0. The largest absolute Gasteiger partial charge is 0.484 e. The molecule has 154 valence electrons. The van der Waals surface area contributed by atoms with E-state index in [2.05, 4.69) is 12.2 Å². The Kier molecular flexibility index (Phi) is 5.98. The number of piperidine rings is 1. The molecule has 30 heavy (non-hydrogen) atoms. The van der Waals surface area contributed by atoms with Gasteiger partial charge in [-0.05, 0) is 65.9 Å². The Morgan fingerprint density at radius 2 is 1.67 bits per heavy atom. The van der Waals surface area contributed by atoms with Crippen LogP contribution in [0.15, 0.2) is 66.7 Å². The topological polar surface area (TPSA) is 58.6 Å². The lowest BCUT2D eigenvalue weighted by Gasteiger charge is -2.30. The Bertz CT molecular complexity index is 1040. The minimum absolute atomic E-state index is 0.0550. The molecule has 0 atom stereocenters. The van der Waals surface area contributed by atoms with Gasteiger partial charge < -0.3 is 15.0 Å². The molecule has 3 aromatic carbocycles. The van der Waals surface area contributed by atoms with Crippen molar-refractivity contribution < 1.29 is 14.3 Å². The Morgan fingerprint density at radius 3 is 2.40 bits per heavy atom. The average molecular weight is 402 g/mol. The van der Waals surface area contributed by atoms with Crippen LogP contribution in [0.5, 0.6) is 5.75 Å². The van der Waals surface area contributed by atoms with E-state index >= 15 is 0 Å². The Morgan fingerprint density at radius 1 is 0.967 bits per heavy atom. The molecule has 0 aliphatic carbocycles. The molecule has 5 nitrogen and oxygen atoms in total. The summed E-state index contributed by atoms with van der Waals surface area (Å²) < 4.78 is 5.63. The summed E-state index contributed by atoms with van der Waals surface area (Å²) in [6, 6.07) is 20.8. The van der Waals surface area contributed by atoms with Crippen LogP contribution in [0.3, 0.4) is 0 Å². The van der Waals surface area contributed by atoms with Crippen LogP contribution < -0.4 is 10.1 Å². The number of carbonyl (C=O) groups excluding carboxylic acids is 2. The van der Waals surface area contributed by atoms with Crippen LogP contribution in [0.25, 0.3) is 10.8 Å². The molecule has 0 aromatic heterocycles. The van der Waals surface area contributed by atoms with Crippen LogP contribution in [0.2, 0.25) is 0 Å². The first-order valence-electron chi connectivity index (χ1n) is 10.4. The van der Waals surface area contributed by atoms with Crippen molar-refractivity contribution in [1.82, 2.24) is 4.90 Å². The van der Waals surface area contributed by atoms with Crippen LogP contribution in [0.1, 0.15) is 30.1 Å². The minimum Gasteiger partial charge on any atom is -0.484 e. The van der Waals surface area contributed by atoms with Crippen molar-refractivity contribution in [3.8, 4) is 5.75 Å². The first kappa shape index (κ1) is 20.0. The minimum atomic E-state index is -0.243. The maximum Gasteiger partial charge on any atom is 0.262 e. The van der Waals surface area contributed by atoms with Gasteiger partial charge >= 0.3 is 0 Å². The SMILES string of the molecule is CC1CCN(C(=O)c2ccc(NC(=O)COc3ccc4ccccc4c3)cc2)CC1. The zero-order chi connectivity index (χ0) is 20.9. The number of benzene rings is 3. The van der Waals surface area contributed by atoms with Crippen LogP contribution in [-0.4, -0.2) is 36.4 Å². The Balaban J connectivity index is 1.30. The summed E-state index contributed by atoms with van der Waals surface area (Å²) in [4.78, 5) is 26.8. The van der Waals surface area contributed by atoms with Gasteiger partial charge in [-0.1, -0.05) is 37.3 Å². The number of fused-ring (bicyclic) bond motifs is 1. The number of nitrogens with zero attached hydrogens (tertiary/aromatic N) is 1. The van der Waals surface area contributed by atoms with Gasteiger partial charge in [0.2, 0.25) is 0 Å². The number of likely N-dealkylation sites (tertiary alicyclic amines) is 1. The van der Waals surface area contributed by atoms with Crippen molar-refractivity contribution in [1.29, 1.82) is 0 Å². The molecule has 1 heterocycles. The molecule has 1 aliphatic rings. The van der Waals surface area contributed by atoms with Gasteiger partial charge in [0.15, 0.2) is 6.61 Å². The summed E-state index contributed by atoms with van der Waals surface area (Å²) in [5.74, 6) is 1.15. The Labute approximate surface area is 176 Å². The third kappa shape index (κ3) is 4.79. The average Bonchev–Trinajstić information content (AvgIpc) is 2.78. The second kappa shape index (κ2) is 8.99. The Hall–Kier alpha value is -3.34. The van der Waals surface area contributed by atoms with E-state index in [1.165, 1.54) is 0 Å². The third-order valence-electron chi connectivity index (χ3n) is 5.58. The number of hydrogen-bond acceptors (Lipinski definition) is 3. The molecule has 2 amide bonds. The summed E-state index contributed by atoms with van der Waals surface area (Å²) in [6.45, 7) is 3.77. The van der Waals surface area contributed by atoms with Crippen molar-refractivity contribution in [2.75, 3.05) is 25.0 Å². The fourth-order valence-electron chi connectivity index (χ4n) is 3.69. The number of hydrogen-bond donors (Lipinski definition) is 1. The summed E-state index contributed by atoms with van der Waals surface area (Å²) in [5.41, 5.74) is 1.29. The molecular weight excluding hydrogens is 376 g/mol. The van der Waals surface area contributed by atoms with E-state index in [9.17, 15) is 9.59 Å². The maximum atomic E-state index is 12.6. The summed E-state index contributed by atoms with van der Waals surface area (Å²) in [5, 5.41) is 5.01. The van der Waals surface area contributed by atoms with Crippen LogP contribution in [0.4, 0.5) is 5.69 Å². The molecule has 0 radical (unpaired) electrons. The molecule has 0 spiro atoms. The second-order valence-electron chi connectivity index (χ2n) is 7.90. The van der Waals surface area contributed by atoms with E-state index in [0.29, 0.717) is 22.9 Å². The number of amides is 2. The predicted molar refractivity (Wildman–Crippen MR) is 119 cm³/mol. The molecule has 0 unspecified atom stereocenters. The highest BCUT2D eigenvalue weighted by Crippen LogP contribution is 2.21. The molecule has 1 N–H and O–H groups in total. The van der Waals surface area contributed by atoms with Gasteiger partial charge in [0.05, 0.1) is 0 Å². The normalized spacial score (nSPS) is 14.5. The molecular formula is C25H26N2O3. The summed E-state index contributed by atoms with van der Waals surface area (Å²) in [6.07, 6.45) is 2.11. The van der Waals surface area contributed by atoms with Crippen LogP contribution >= 0.6 is 0 Å². The van der Waals surface area contributed by atoms with Crippen molar-refractivity contribution in [3.63, 3.8) is 0 Å². The van der Waals surface area contributed by atoms with Gasteiger partial charge in [0, 0.05) is 24.3 Å². The van der Waals surface area contributed by atoms with E-state index in [4.69, 9.17) is 4.74 Å². The lowest BCUT2D eigenvalue weighted by atomic mass is 9.98. The van der Waals surface area contributed by atoms with Crippen LogP contribution in [0, 0.1) is 5.92 Å². The van der Waals surface area contributed by atoms with Gasteiger partial charge in [-0.25, -0.2) is 0 Å². The van der Waals surface area contributed by atoms with E-state index in [1.54, 1.807) is 24.3 Å². The zero-order valence-electron chi connectivity index (χ0n) is 17.1. The fourth-order valence-corrected chi connectivity index (χ4v) is 3.69. The number of carbonyl (C=O) groups is 2. The van der Waals surface area contributed by atoms with Crippen molar-refractivity contribution in [3.05, 3.63) is 72.3 Å². The lowest BCUT2D eigenvalue weighted by Crippen LogP contribution is -2.37. The number of rotatable bonds is 5. The van der Waals surface area contributed by atoms with E-state index in [-0.39, 0.29) is 18.4 Å². The van der Waals surface area contributed by atoms with E-state index in [1.807, 2.05) is 47.4 Å². The van der Waals surface area contributed by atoms with E-state index in [0.717, 1.165) is 36.7 Å². The molecule has 0 bridgehead atoms. The molecule has 5 heteroatoms. The molecule has 1 saturated heterocycles. The van der Waals surface area contributed by atoms with Gasteiger partial charge in [-0.3, -0.25) is 9.59 Å². The standard InChI is InChI=1S/C25H26N2O3/c1-18-12-14-27(15-13-18)25(29)20-6-9-22(10-7-20)26-24(28)17-30-23-11-8-19-4-2-3-5-21(19)16-23/h2-11,16,18H,12-15,17H2,1H3,(H,26,28). The lowest BCUT2D eigenvalue weighted by molar-refractivity contribution is -0.118. The van der Waals surface area contributed by atoms with Crippen LogP contribution in [-0.2, 0) is 4.79 Å². The van der Waals surface area contributed by atoms with Gasteiger partial charge in [-0.15, -0.1) is 0 Å². The number of anilines is 1.